The third-order valence-electron chi connectivity index (χ3n) is 2.21. The van der Waals surface area contributed by atoms with Crippen LogP contribution in [0.2, 0.25) is 0 Å². The van der Waals surface area contributed by atoms with E-state index in [1.807, 2.05) is 0 Å². The molecule has 0 spiro atoms. The predicted molar refractivity (Wildman–Crippen MR) is 55.5 cm³/mol. The maximum Gasteiger partial charge on any atom is 0.205 e. The highest BCUT2D eigenvalue weighted by molar-refractivity contribution is 7.09. The van der Waals surface area contributed by atoms with Crippen molar-refractivity contribution in [1.29, 1.82) is 0 Å². The average molecular weight is 214 g/mol. The highest BCUT2D eigenvalue weighted by Gasteiger charge is 2.25. The summed E-state index contributed by atoms with van der Waals surface area (Å²) in [5, 5.41) is 0.957. The number of nitrogens with zero attached hydrogens (tertiary/aromatic N) is 3. The van der Waals surface area contributed by atoms with E-state index in [-0.39, 0.29) is 12.2 Å². The molecular weight excluding hydrogens is 200 g/mol. The predicted octanol–water partition coefficient (Wildman–Crippen LogP) is 0.0905. The number of anilines is 1. The van der Waals surface area contributed by atoms with Gasteiger partial charge < -0.3 is 15.4 Å². The third kappa shape index (κ3) is 2.02. The summed E-state index contributed by atoms with van der Waals surface area (Å²) in [6.45, 7) is 4.29. The van der Waals surface area contributed by atoms with Crippen LogP contribution in [0.3, 0.4) is 0 Å². The van der Waals surface area contributed by atoms with Crippen molar-refractivity contribution in [2.45, 2.75) is 19.1 Å². The third-order valence-corrected chi connectivity index (χ3v) is 2.94. The summed E-state index contributed by atoms with van der Waals surface area (Å²) in [6, 6.07) is 0. The van der Waals surface area contributed by atoms with E-state index in [0.717, 1.165) is 18.2 Å². The lowest BCUT2D eigenvalue weighted by molar-refractivity contribution is -0.0104. The van der Waals surface area contributed by atoms with Gasteiger partial charge in [0.15, 0.2) is 0 Å². The molecule has 2 N–H and O–H groups in total. The van der Waals surface area contributed by atoms with E-state index < -0.39 is 0 Å². The van der Waals surface area contributed by atoms with Gasteiger partial charge in [0.1, 0.15) is 6.33 Å². The summed E-state index contributed by atoms with van der Waals surface area (Å²) < 4.78 is 9.64. The maximum absolute atomic E-state index is 5.65. The monoisotopic (exact) mass is 214 g/mol. The molecule has 1 aromatic rings. The van der Waals surface area contributed by atoms with Gasteiger partial charge in [0.2, 0.25) is 5.13 Å². The lowest BCUT2D eigenvalue weighted by atomic mass is 10.2. The van der Waals surface area contributed by atoms with Crippen molar-refractivity contribution in [3.8, 4) is 0 Å². The molecule has 1 saturated heterocycles. The molecule has 1 fully saturated rings. The Labute approximate surface area is 87.0 Å². The molecule has 2 rings (SSSR count). The van der Waals surface area contributed by atoms with Gasteiger partial charge in [-0.05, 0) is 6.92 Å². The molecule has 1 aliphatic heterocycles. The zero-order valence-corrected chi connectivity index (χ0v) is 8.91. The molecule has 14 heavy (non-hydrogen) atoms. The van der Waals surface area contributed by atoms with E-state index in [1.54, 1.807) is 6.33 Å². The van der Waals surface area contributed by atoms with Crippen LogP contribution in [0, 0.1) is 0 Å². The number of morpholine rings is 1. The van der Waals surface area contributed by atoms with Crippen molar-refractivity contribution in [2.24, 2.45) is 5.73 Å². The summed E-state index contributed by atoms with van der Waals surface area (Å²) in [5.41, 5.74) is 5.60. The number of rotatable bonds is 2. The second-order valence-corrected chi connectivity index (χ2v) is 4.19. The Morgan fingerprint density at radius 3 is 3.21 bits per heavy atom. The van der Waals surface area contributed by atoms with Crippen molar-refractivity contribution in [1.82, 2.24) is 9.36 Å². The van der Waals surface area contributed by atoms with Crippen LogP contribution in [0.1, 0.15) is 6.92 Å². The molecule has 2 unspecified atom stereocenters. The Hall–Kier alpha value is -0.720. The topological polar surface area (TPSA) is 64.3 Å². The maximum atomic E-state index is 5.65. The SMILES string of the molecule is CC1CN(c2ncns2)CC(CN)O1. The minimum atomic E-state index is 0.114. The van der Waals surface area contributed by atoms with Gasteiger partial charge in [0.25, 0.3) is 0 Å². The minimum Gasteiger partial charge on any atom is -0.370 e. The Balaban J connectivity index is 2.05. The van der Waals surface area contributed by atoms with Gasteiger partial charge in [0.05, 0.1) is 12.2 Å². The first-order chi connectivity index (χ1) is 6.79. The number of nitrogens with two attached hydrogens (primary N) is 1. The Kier molecular flexibility index (Phi) is 2.95. The van der Waals surface area contributed by atoms with Gasteiger partial charge in [-0.3, -0.25) is 0 Å². The quantitative estimate of drug-likeness (QED) is 0.756. The Bertz CT molecular complexity index is 279. The van der Waals surface area contributed by atoms with Crippen LogP contribution in [0.25, 0.3) is 0 Å². The van der Waals surface area contributed by atoms with Gasteiger partial charge in [-0.1, -0.05) is 0 Å². The van der Waals surface area contributed by atoms with Crippen LogP contribution in [0.5, 0.6) is 0 Å². The molecule has 2 atom stereocenters. The van der Waals surface area contributed by atoms with Crippen molar-refractivity contribution in [2.75, 3.05) is 24.5 Å². The summed E-state index contributed by atoms with van der Waals surface area (Å²) in [5.74, 6) is 0. The molecule has 0 radical (unpaired) electrons. The summed E-state index contributed by atoms with van der Waals surface area (Å²) in [7, 11) is 0. The smallest absolute Gasteiger partial charge is 0.205 e. The molecular formula is C8H14N4OS. The highest BCUT2D eigenvalue weighted by atomic mass is 32.1. The number of aromatic nitrogens is 2. The number of hydrogen-bond donors (Lipinski definition) is 1. The molecule has 1 aromatic heterocycles. The molecule has 0 aromatic carbocycles. The average Bonchev–Trinajstić information content (AvgIpc) is 2.69. The van der Waals surface area contributed by atoms with E-state index >= 15 is 0 Å². The van der Waals surface area contributed by atoms with E-state index in [4.69, 9.17) is 10.5 Å². The zero-order chi connectivity index (χ0) is 9.97. The standard InChI is InChI=1S/C8H14N4OS/c1-6-3-12(4-7(2-9)13-6)8-10-5-11-14-8/h5-7H,2-4,9H2,1H3. The van der Waals surface area contributed by atoms with Gasteiger partial charge in [0, 0.05) is 31.2 Å². The van der Waals surface area contributed by atoms with Gasteiger partial charge in [-0.2, -0.15) is 4.37 Å². The Morgan fingerprint density at radius 1 is 1.71 bits per heavy atom. The van der Waals surface area contributed by atoms with Crippen LogP contribution in [-0.2, 0) is 4.74 Å². The van der Waals surface area contributed by atoms with Gasteiger partial charge in [-0.25, -0.2) is 4.98 Å². The fourth-order valence-corrected chi connectivity index (χ4v) is 2.19. The first-order valence-electron chi connectivity index (χ1n) is 4.66. The number of ether oxygens (including phenoxy) is 1. The summed E-state index contributed by atoms with van der Waals surface area (Å²) >= 11 is 1.41. The van der Waals surface area contributed by atoms with Crippen molar-refractivity contribution < 1.29 is 4.74 Å². The van der Waals surface area contributed by atoms with Gasteiger partial charge in [-0.15, -0.1) is 0 Å². The molecule has 78 valence electrons. The molecule has 0 aliphatic carbocycles. The van der Waals surface area contributed by atoms with Crippen LogP contribution in [0.15, 0.2) is 6.33 Å². The summed E-state index contributed by atoms with van der Waals surface area (Å²) in [6.07, 6.45) is 1.90. The fraction of sp³-hybridized carbons (Fsp3) is 0.750. The molecule has 2 heterocycles. The highest BCUT2D eigenvalue weighted by Crippen LogP contribution is 2.20. The molecule has 0 amide bonds. The Morgan fingerprint density at radius 2 is 2.57 bits per heavy atom. The van der Waals surface area contributed by atoms with Crippen LogP contribution >= 0.6 is 11.5 Å². The normalized spacial score (nSPS) is 28.0. The minimum absolute atomic E-state index is 0.114. The molecule has 1 aliphatic rings. The molecule has 6 heteroatoms. The first kappa shape index (κ1) is 9.82. The molecule has 0 bridgehead atoms. The summed E-state index contributed by atoms with van der Waals surface area (Å²) in [4.78, 5) is 6.36. The van der Waals surface area contributed by atoms with E-state index in [1.165, 1.54) is 11.5 Å². The fourth-order valence-electron chi connectivity index (χ4n) is 1.64. The van der Waals surface area contributed by atoms with Crippen LogP contribution in [-0.4, -0.2) is 41.2 Å². The van der Waals surface area contributed by atoms with Crippen molar-refractivity contribution in [3.05, 3.63) is 6.33 Å². The second kappa shape index (κ2) is 4.20. The van der Waals surface area contributed by atoms with Crippen molar-refractivity contribution >= 4 is 16.7 Å². The zero-order valence-electron chi connectivity index (χ0n) is 8.09. The van der Waals surface area contributed by atoms with E-state index in [0.29, 0.717) is 6.54 Å². The van der Waals surface area contributed by atoms with Crippen LogP contribution in [0.4, 0.5) is 5.13 Å². The first-order valence-corrected chi connectivity index (χ1v) is 5.44. The van der Waals surface area contributed by atoms with E-state index in [9.17, 15) is 0 Å². The van der Waals surface area contributed by atoms with Crippen molar-refractivity contribution in [3.63, 3.8) is 0 Å². The molecule has 0 saturated carbocycles. The number of hydrogen-bond acceptors (Lipinski definition) is 6. The lowest BCUT2D eigenvalue weighted by Gasteiger charge is -2.35. The van der Waals surface area contributed by atoms with Crippen LogP contribution < -0.4 is 10.6 Å². The lowest BCUT2D eigenvalue weighted by Crippen LogP contribution is -2.49. The van der Waals surface area contributed by atoms with Gasteiger partial charge >= 0.3 is 0 Å². The van der Waals surface area contributed by atoms with E-state index in [2.05, 4.69) is 21.2 Å². The second-order valence-electron chi connectivity index (χ2n) is 3.43. The molecule has 5 nitrogen and oxygen atoms in total. The largest absolute Gasteiger partial charge is 0.370 e.